The molecule has 5 heteroatoms. The number of imidazole rings is 1. The van der Waals surface area contributed by atoms with E-state index in [4.69, 9.17) is 22.3 Å². The largest absolute Gasteiger partial charge is 0.507 e. The Morgan fingerprint density at radius 2 is 1.24 bits per heavy atom. The molecule has 8 rings (SSSR count). The van der Waals surface area contributed by atoms with Crippen LogP contribution in [0.2, 0.25) is 0 Å². The monoisotopic (exact) mass is 962 g/mol. The Kier molecular flexibility index (Phi) is 8.44. The van der Waals surface area contributed by atoms with Gasteiger partial charge < -0.3 is 5.11 Å². The average Bonchev–Trinajstić information content (AvgIpc) is 3.65. The molecule has 4 nitrogen and oxygen atoms in total. The van der Waals surface area contributed by atoms with Gasteiger partial charge in [0.05, 0.1) is 16.6 Å². The minimum absolute atomic E-state index is 0. The second kappa shape index (κ2) is 15.9. The number of aromatic nitrogens is 3. The number of rotatable bonds is 6. The molecule has 0 spiro atoms. The number of pyridine rings is 1. The van der Waals surface area contributed by atoms with E-state index in [1.54, 1.807) is 6.20 Å². The molecule has 300 valence electrons. The van der Waals surface area contributed by atoms with Crippen LogP contribution in [0.15, 0.2) is 146 Å². The number of hydrogen-bond donors (Lipinski definition) is 1. The van der Waals surface area contributed by atoms with E-state index in [2.05, 4.69) is 90.1 Å². The minimum Gasteiger partial charge on any atom is -0.507 e. The summed E-state index contributed by atoms with van der Waals surface area (Å²) in [6, 6.07) is 47.7. The van der Waals surface area contributed by atoms with Crippen molar-refractivity contribution in [1.82, 2.24) is 14.5 Å². The van der Waals surface area contributed by atoms with Crippen molar-refractivity contribution in [3.05, 3.63) is 168 Å². The molecule has 1 N–H and O–H groups in total. The predicted octanol–water partition coefficient (Wildman–Crippen LogP) is 14.2. The van der Waals surface area contributed by atoms with Crippen LogP contribution in [0.3, 0.4) is 0 Å². The van der Waals surface area contributed by atoms with Crippen LogP contribution >= 0.6 is 0 Å². The standard InChI is InChI=1S/C54H52N3O.Pt/c1-52(2,3)40-31-38(30-39(32-40)47-33-37(28-29-55-47)35-18-12-10-13-19-35)43-22-17-25-48-49(43)56-51(44-23-16-24-45(50(44)58)53(4,5)6)57(48)41-26-27-42(36-20-14-11-15-21-36)46(34-41)54(7,8)9;/h10-29,31-34,58H,1-9H3;/q-1;/i4D3,5D3,6D3;. The van der Waals surface area contributed by atoms with Crippen molar-refractivity contribution < 1.29 is 38.5 Å². The van der Waals surface area contributed by atoms with Crippen molar-refractivity contribution in [3.8, 4) is 67.5 Å². The van der Waals surface area contributed by atoms with Gasteiger partial charge in [-0.05, 0) is 80.0 Å². The van der Waals surface area contributed by atoms with Crippen molar-refractivity contribution in [2.75, 3.05) is 0 Å². The van der Waals surface area contributed by atoms with Crippen LogP contribution in [0.5, 0.6) is 5.75 Å². The molecule has 0 aliphatic heterocycles. The molecule has 0 atom stereocenters. The normalized spacial score (nSPS) is 15.0. The van der Waals surface area contributed by atoms with Crippen molar-refractivity contribution in [1.29, 1.82) is 0 Å². The van der Waals surface area contributed by atoms with E-state index in [-0.39, 0.29) is 43.3 Å². The van der Waals surface area contributed by atoms with Gasteiger partial charge in [-0.2, -0.15) is 0 Å². The zero-order valence-electron chi connectivity index (χ0n) is 43.0. The summed E-state index contributed by atoms with van der Waals surface area (Å²) in [7, 11) is 0. The van der Waals surface area contributed by atoms with Crippen LogP contribution in [0.25, 0.3) is 72.7 Å². The molecule has 0 aliphatic carbocycles. The van der Waals surface area contributed by atoms with Crippen molar-refractivity contribution in [3.63, 3.8) is 0 Å². The second-order valence-electron chi connectivity index (χ2n) is 17.0. The van der Waals surface area contributed by atoms with E-state index >= 15 is 0 Å². The van der Waals surface area contributed by atoms with Gasteiger partial charge in [-0.1, -0.05) is 170 Å². The van der Waals surface area contributed by atoms with E-state index in [0.717, 1.165) is 56.3 Å². The molecule has 0 saturated heterocycles. The third-order valence-corrected chi connectivity index (χ3v) is 10.7. The van der Waals surface area contributed by atoms with Crippen molar-refractivity contribution >= 4 is 11.0 Å². The van der Waals surface area contributed by atoms with Gasteiger partial charge in [0.2, 0.25) is 0 Å². The number of para-hydroxylation sites is 2. The predicted molar refractivity (Wildman–Crippen MR) is 243 cm³/mol. The summed E-state index contributed by atoms with van der Waals surface area (Å²) in [5.74, 6) is -0.678. The summed E-state index contributed by atoms with van der Waals surface area (Å²) in [4.78, 5) is 10.1. The first-order valence-corrected chi connectivity index (χ1v) is 19.5. The Bertz CT molecular complexity index is 3090. The zero-order chi connectivity index (χ0) is 48.5. The molecular formula is C54H52N3OPt-. The number of phenols is 1. The molecule has 59 heavy (non-hydrogen) atoms. The zero-order valence-corrected chi connectivity index (χ0v) is 36.2. The Morgan fingerprint density at radius 3 is 1.92 bits per heavy atom. The fourth-order valence-corrected chi connectivity index (χ4v) is 7.62. The molecule has 2 heterocycles. The first-order valence-electron chi connectivity index (χ1n) is 24.0. The number of hydrogen-bond acceptors (Lipinski definition) is 3. The molecule has 0 fully saturated rings. The van der Waals surface area contributed by atoms with Crippen LogP contribution in [-0.4, -0.2) is 19.6 Å². The first-order chi connectivity index (χ1) is 31.3. The number of fused-ring (bicyclic) bond motifs is 1. The van der Waals surface area contributed by atoms with Gasteiger partial charge in [0, 0.05) is 51.0 Å². The van der Waals surface area contributed by atoms with Crippen molar-refractivity contribution in [2.45, 2.75) is 78.3 Å². The maximum atomic E-state index is 12.4. The maximum absolute atomic E-state index is 12.4. The van der Waals surface area contributed by atoms with Gasteiger partial charge in [0.15, 0.2) is 0 Å². The van der Waals surface area contributed by atoms with E-state index in [1.165, 1.54) is 12.1 Å². The number of nitrogens with zero attached hydrogens (tertiary/aromatic N) is 3. The molecule has 0 bridgehead atoms. The molecule has 0 amide bonds. The number of phenolic OH excluding ortho intramolecular Hbond substituents is 1. The minimum atomic E-state index is -3.61. The van der Waals surface area contributed by atoms with E-state index in [9.17, 15) is 5.11 Å². The summed E-state index contributed by atoms with van der Waals surface area (Å²) in [6.07, 6.45) is 1.79. The topological polar surface area (TPSA) is 50.9 Å². The van der Waals surface area contributed by atoms with Crippen LogP contribution in [0, 0.1) is 6.07 Å². The van der Waals surface area contributed by atoms with Gasteiger partial charge in [0.25, 0.3) is 0 Å². The molecule has 0 radical (unpaired) electrons. The maximum Gasteiger partial charge on any atom is 0.148 e. The smallest absolute Gasteiger partial charge is 0.148 e. The van der Waals surface area contributed by atoms with E-state index in [1.807, 2.05) is 83.4 Å². The molecule has 0 unspecified atom stereocenters. The van der Waals surface area contributed by atoms with Crippen LogP contribution < -0.4 is 0 Å². The second-order valence-corrected chi connectivity index (χ2v) is 17.0. The molecule has 2 aromatic heterocycles. The third-order valence-electron chi connectivity index (χ3n) is 10.7. The third kappa shape index (κ3) is 8.21. The van der Waals surface area contributed by atoms with E-state index in [0.29, 0.717) is 22.3 Å². The molecule has 0 aliphatic rings. The molecular weight excluding hydrogens is 902 g/mol. The van der Waals surface area contributed by atoms with Crippen LogP contribution in [0.1, 0.15) is 91.1 Å². The number of aromatic hydroxyl groups is 1. The first kappa shape index (κ1) is 31.4. The summed E-state index contributed by atoms with van der Waals surface area (Å²) in [6.45, 7) is 1.95. The van der Waals surface area contributed by atoms with Gasteiger partial charge in [-0.25, -0.2) is 4.98 Å². The van der Waals surface area contributed by atoms with Crippen LogP contribution in [0.4, 0.5) is 0 Å². The summed E-state index contributed by atoms with van der Waals surface area (Å²) >= 11 is 0. The molecule has 6 aromatic carbocycles. The Balaban J connectivity index is 0.00000684. The Morgan fingerprint density at radius 1 is 0.576 bits per heavy atom. The Hall–Kier alpha value is -5.57. The fourth-order valence-electron chi connectivity index (χ4n) is 7.62. The van der Waals surface area contributed by atoms with Gasteiger partial charge in [0.1, 0.15) is 11.6 Å². The van der Waals surface area contributed by atoms with Crippen molar-refractivity contribution in [2.24, 2.45) is 0 Å². The molecule has 8 aromatic rings. The van der Waals surface area contributed by atoms with Crippen LogP contribution in [-0.2, 0) is 37.3 Å². The SMILES string of the molecule is [2H]C([2H])([2H])C(c1cccc(-c2nc3c(-c4[c-]c(-c5cc(-c6ccccc6)ccn5)cc(C(C)(C)C)c4)cccc3n2-c2ccc(-c3ccccc3)c(C(C)(C)C)c2)c1O)(C([2H])([2H])[2H])C([2H])([2H])[2H].[Pt]. The molecule has 0 saturated carbocycles. The fraction of sp³-hybridized carbons (Fsp3) is 0.222. The summed E-state index contributed by atoms with van der Waals surface area (Å²) < 4.78 is 78.2. The summed E-state index contributed by atoms with van der Waals surface area (Å²) in [5.41, 5.74) is 5.83. The summed E-state index contributed by atoms with van der Waals surface area (Å²) in [5, 5.41) is 12.4. The number of benzene rings is 6. The Labute approximate surface area is 377 Å². The quantitative estimate of drug-likeness (QED) is 0.169. The average molecular weight is 963 g/mol. The van der Waals surface area contributed by atoms with Gasteiger partial charge in [-0.3, -0.25) is 9.55 Å². The van der Waals surface area contributed by atoms with Gasteiger partial charge in [-0.15, -0.1) is 29.3 Å². The van der Waals surface area contributed by atoms with Gasteiger partial charge >= 0.3 is 0 Å². The van der Waals surface area contributed by atoms with E-state index < -0.39 is 37.3 Å².